The molecule has 4 heterocycles. The van der Waals surface area contributed by atoms with Gasteiger partial charge < -0.3 is 24.8 Å². The Morgan fingerprint density at radius 2 is 2.08 bits per heavy atom. The second-order valence-corrected chi connectivity index (χ2v) is 9.95. The number of hydrogen-bond acceptors (Lipinski definition) is 8. The molecule has 0 amide bonds. The van der Waals surface area contributed by atoms with Crippen LogP contribution in [0.5, 0.6) is 0 Å². The summed E-state index contributed by atoms with van der Waals surface area (Å²) in [6.07, 6.45) is 1.38. The first-order valence-electron chi connectivity index (χ1n) is 12.4. The molecule has 3 N–H and O–H groups in total. The van der Waals surface area contributed by atoms with Crippen LogP contribution in [0, 0.1) is 5.82 Å². The van der Waals surface area contributed by atoms with Gasteiger partial charge in [0, 0.05) is 55.0 Å². The molecule has 1 aromatic carbocycles. The molecule has 0 spiro atoms. The van der Waals surface area contributed by atoms with Crippen LogP contribution in [-0.2, 0) is 11.3 Å². The Morgan fingerprint density at radius 1 is 1.25 bits per heavy atom. The van der Waals surface area contributed by atoms with E-state index < -0.39 is 11.9 Å². The number of β-amino-alcohol motifs (C(OH)–C–C–N with tert-alkyl or cyclic N) is 1. The Morgan fingerprint density at radius 3 is 2.81 bits per heavy atom. The van der Waals surface area contributed by atoms with Crippen molar-refractivity contribution in [1.82, 2.24) is 19.4 Å². The minimum atomic E-state index is -0.702. The van der Waals surface area contributed by atoms with E-state index in [-0.39, 0.29) is 41.9 Å². The lowest BCUT2D eigenvalue weighted by Gasteiger charge is -2.28. The first-order chi connectivity index (χ1) is 17.3. The zero-order valence-electron chi connectivity index (χ0n) is 20.5. The van der Waals surface area contributed by atoms with Crippen molar-refractivity contribution < 1.29 is 19.3 Å². The number of benzene rings is 1. The number of nitrogens with zero attached hydrogens (tertiary/aromatic N) is 4. The fraction of sp³-hybridized carbons (Fsp3) is 0.500. The number of halogens is 1. The maximum absolute atomic E-state index is 14.9. The molecule has 2 fully saturated rings. The van der Waals surface area contributed by atoms with E-state index in [1.54, 1.807) is 24.3 Å². The first kappa shape index (κ1) is 24.8. The number of nitrogens with one attached hydrogen (secondary N) is 1. The summed E-state index contributed by atoms with van der Waals surface area (Å²) in [5.74, 6) is -0.354. The largest absolute Gasteiger partial charge is 0.392 e. The maximum Gasteiger partial charge on any atom is 0.223 e. The van der Waals surface area contributed by atoms with E-state index in [0.29, 0.717) is 42.6 Å². The number of anilines is 1. The first-order valence-corrected chi connectivity index (χ1v) is 12.4. The van der Waals surface area contributed by atoms with E-state index in [0.717, 1.165) is 24.9 Å². The summed E-state index contributed by atoms with van der Waals surface area (Å²) in [5, 5.41) is 23.8. The molecule has 192 valence electrons. The Bertz CT molecular complexity index is 1310. The highest BCUT2D eigenvalue weighted by Gasteiger charge is 2.25. The average molecular weight is 498 g/mol. The number of hydrogen-bond donors (Lipinski definition) is 3. The van der Waals surface area contributed by atoms with Gasteiger partial charge in [-0.1, -0.05) is 6.07 Å². The topological polar surface area (TPSA) is 113 Å². The fourth-order valence-corrected chi connectivity index (χ4v) is 5.15. The molecule has 0 aliphatic carbocycles. The molecule has 2 saturated heterocycles. The van der Waals surface area contributed by atoms with Crippen molar-refractivity contribution in [2.75, 3.05) is 31.6 Å². The van der Waals surface area contributed by atoms with Crippen LogP contribution < -0.4 is 10.7 Å². The Hall–Kier alpha value is -2.92. The molecule has 3 aromatic rings. The van der Waals surface area contributed by atoms with Gasteiger partial charge in [0.05, 0.1) is 36.6 Å². The number of aliphatic hydroxyl groups is 2. The Balaban J connectivity index is 1.54. The van der Waals surface area contributed by atoms with Crippen molar-refractivity contribution in [1.29, 1.82) is 0 Å². The van der Waals surface area contributed by atoms with E-state index in [1.165, 1.54) is 0 Å². The van der Waals surface area contributed by atoms with Crippen molar-refractivity contribution >= 4 is 16.9 Å². The van der Waals surface area contributed by atoms with Gasteiger partial charge in [-0.25, -0.2) is 14.4 Å². The molecule has 5 rings (SSSR count). The van der Waals surface area contributed by atoms with Gasteiger partial charge in [-0.05, 0) is 38.8 Å². The molecule has 10 heteroatoms. The van der Waals surface area contributed by atoms with Crippen LogP contribution in [0.3, 0.4) is 0 Å². The van der Waals surface area contributed by atoms with E-state index in [9.17, 15) is 19.4 Å². The van der Waals surface area contributed by atoms with E-state index in [2.05, 4.69) is 24.8 Å². The highest BCUT2D eigenvalue weighted by Crippen LogP contribution is 2.28. The summed E-state index contributed by atoms with van der Waals surface area (Å²) in [6, 6.07) is 6.64. The quantitative estimate of drug-likeness (QED) is 0.476. The third-order valence-electron chi connectivity index (χ3n) is 6.94. The second kappa shape index (κ2) is 10.2. The minimum absolute atomic E-state index is 0.0494. The predicted octanol–water partition coefficient (Wildman–Crippen LogP) is 2.31. The molecule has 36 heavy (non-hydrogen) atoms. The Kier molecular flexibility index (Phi) is 7.03. The molecule has 2 aliphatic rings. The van der Waals surface area contributed by atoms with Gasteiger partial charge in [0.2, 0.25) is 5.95 Å². The molecule has 9 nitrogen and oxygen atoms in total. The summed E-state index contributed by atoms with van der Waals surface area (Å²) in [4.78, 5) is 23.6. The summed E-state index contributed by atoms with van der Waals surface area (Å²) < 4.78 is 22.3. The van der Waals surface area contributed by atoms with Gasteiger partial charge in [0.25, 0.3) is 0 Å². The normalized spacial score (nSPS) is 23.0. The fourth-order valence-electron chi connectivity index (χ4n) is 5.15. The number of aliphatic hydroxyl groups excluding tert-OH is 2. The number of ether oxygens (including phenoxy) is 1. The van der Waals surface area contributed by atoms with Crippen LogP contribution in [0.25, 0.3) is 22.2 Å². The number of fused-ring (bicyclic) bond motifs is 1. The molecule has 0 unspecified atom stereocenters. The molecule has 0 saturated carbocycles. The summed E-state index contributed by atoms with van der Waals surface area (Å²) >= 11 is 0. The van der Waals surface area contributed by atoms with Gasteiger partial charge in [-0.2, -0.15) is 0 Å². The number of aromatic nitrogens is 3. The standard InChI is InChI=1S/C26H32FN5O4/c1-15(2)32-17(12-31-7-5-18(33)13-31)10-23(34)19-4-3-16(9-22(19)32)25-20(27)11-28-26(30-25)29-21-6-8-36-14-24(21)35/h3-4,9-11,15,18,21,24,33,35H,5-8,12-14H2,1-2H3,(H,28,29,30)/t18-,21-,24-/m1/s1. The number of likely N-dealkylation sites (tertiary alicyclic amines) is 1. The number of pyridine rings is 1. The van der Waals surface area contributed by atoms with Crippen molar-refractivity contribution in [2.45, 2.75) is 57.5 Å². The predicted molar refractivity (Wildman–Crippen MR) is 134 cm³/mol. The van der Waals surface area contributed by atoms with E-state index in [4.69, 9.17) is 4.74 Å². The van der Waals surface area contributed by atoms with Gasteiger partial charge in [0.1, 0.15) is 5.69 Å². The van der Waals surface area contributed by atoms with Gasteiger partial charge >= 0.3 is 0 Å². The highest BCUT2D eigenvalue weighted by molar-refractivity contribution is 5.84. The SMILES string of the molecule is CC(C)n1c(CN2CC[C@@H](O)C2)cc(=O)c2ccc(-c3nc(N[C@@H]4CCOC[C@H]4O)ncc3F)cc21. The molecule has 0 radical (unpaired) electrons. The molecule has 3 atom stereocenters. The van der Waals surface area contributed by atoms with E-state index >= 15 is 0 Å². The van der Waals surface area contributed by atoms with Crippen LogP contribution in [0.4, 0.5) is 10.3 Å². The molecule has 0 bridgehead atoms. The summed E-state index contributed by atoms with van der Waals surface area (Å²) in [7, 11) is 0. The number of rotatable bonds is 6. The third kappa shape index (κ3) is 4.99. The van der Waals surface area contributed by atoms with Crippen LogP contribution in [0.1, 0.15) is 38.4 Å². The summed E-state index contributed by atoms with van der Waals surface area (Å²) in [6.45, 7) is 6.73. The van der Waals surface area contributed by atoms with Gasteiger partial charge in [-0.3, -0.25) is 9.69 Å². The molecule has 2 aromatic heterocycles. The van der Waals surface area contributed by atoms with Crippen LogP contribution in [-0.4, -0.2) is 74.2 Å². The van der Waals surface area contributed by atoms with Crippen molar-refractivity contribution in [3.05, 3.63) is 52.2 Å². The smallest absolute Gasteiger partial charge is 0.223 e. The zero-order chi connectivity index (χ0) is 25.4. The lowest BCUT2D eigenvalue weighted by atomic mass is 10.1. The van der Waals surface area contributed by atoms with E-state index in [1.807, 2.05) is 13.8 Å². The van der Waals surface area contributed by atoms with Crippen LogP contribution in [0.15, 0.2) is 35.3 Å². The monoisotopic (exact) mass is 497 g/mol. The zero-order valence-corrected chi connectivity index (χ0v) is 20.5. The molecule has 2 aliphatic heterocycles. The van der Waals surface area contributed by atoms with Gasteiger partial charge in [-0.15, -0.1) is 0 Å². The molecular weight excluding hydrogens is 465 g/mol. The van der Waals surface area contributed by atoms with Gasteiger partial charge in [0.15, 0.2) is 11.2 Å². The Labute approximate surface area is 208 Å². The van der Waals surface area contributed by atoms with Crippen LogP contribution >= 0.6 is 0 Å². The third-order valence-corrected chi connectivity index (χ3v) is 6.94. The van der Waals surface area contributed by atoms with Crippen molar-refractivity contribution in [2.24, 2.45) is 0 Å². The summed E-state index contributed by atoms with van der Waals surface area (Å²) in [5.41, 5.74) is 2.11. The van der Waals surface area contributed by atoms with Crippen molar-refractivity contribution in [3.8, 4) is 11.3 Å². The lowest BCUT2D eigenvalue weighted by Crippen LogP contribution is -2.42. The average Bonchev–Trinajstić information content (AvgIpc) is 3.25. The minimum Gasteiger partial charge on any atom is -0.392 e. The van der Waals surface area contributed by atoms with Crippen molar-refractivity contribution in [3.63, 3.8) is 0 Å². The van der Waals surface area contributed by atoms with Crippen LogP contribution in [0.2, 0.25) is 0 Å². The highest BCUT2D eigenvalue weighted by atomic mass is 19.1. The maximum atomic E-state index is 14.9. The lowest BCUT2D eigenvalue weighted by molar-refractivity contribution is -0.0136. The second-order valence-electron chi connectivity index (χ2n) is 9.95. The molecular formula is C26H32FN5O4.